The Labute approximate surface area is 119 Å². The fraction of sp³-hybridized carbons (Fsp3) is 0.214. The van der Waals surface area contributed by atoms with Crippen LogP contribution in [0.3, 0.4) is 0 Å². The normalized spacial score (nSPS) is 12.2. The summed E-state index contributed by atoms with van der Waals surface area (Å²) < 4.78 is 19.1. The fourth-order valence-electron chi connectivity index (χ4n) is 1.80. The second kappa shape index (κ2) is 6.12. The third-order valence-electron chi connectivity index (χ3n) is 2.75. The van der Waals surface area contributed by atoms with Gasteiger partial charge < -0.3 is 9.84 Å². The number of ether oxygens (including phenoxy) is 1. The minimum Gasteiger partial charge on any atom is -0.494 e. The lowest BCUT2D eigenvalue weighted by atomic mass is 10.0. The van der Waals surface area contributed by atoms with Gasteiger partial charge in [0, 0.05) is 17.1 Å². The lowest BCUT2D eigenvalue weighted by Gasteiger charge is -2.12. The third kappa shape index (κ3) is 3.30. The van der Waals surface area contributed by atoms with Crippen LogP contribution in [-0.2, 0) is 6.42 Å². The maximum absolute atomic E-state index is 13.6. The van der Waals surface area contributed by atoms with Crippen LogP contribution in [0.1, 0.15) is 17.4 Å². The Kier molecular flexibility index (Phi) is 4.50. The van der Waals surface area contributed by atoms with E-state index >= 15 is 0 Å². The van der Waals surface area contributed by atoms with E-state index in [9.17, 15) is 9.50 Å². The molecule has 1 atom stereocenters. The van der Waals surface area contributed by atoms with E-state index in [0.29, 0.717) is 11.3 Å². The predicted molar refractivity (Wildman–Crippen MR) is 73.6 cm³/mol. The van der Waals surface area contributed by atoms with Crippen molar-refractivity contribution in [3.63, 3.8) is 0 Å². The van der Waals surface area contributed by atoms with E-state index in [1.54, 1.807) is 30.5 Å². The highest BCUT2D eigenvalue weighted by Crippen LogP contribution is 2.25. The van der Waals surface area contributed by atoms with Gasteiger partial charge >= 0.3 is 0 Å². The zero-order valence-electron chi connectivity index (χ0n) is 10.3. The van der Waals surface area contributed by atoms with Crippen molar-refractivity contribution in [3.05, 3.63) is 58.1 Å². The third-order valence-corrected chi connectivity index (χ3v) is 3.42. The molecule has 0 saturated heterocycles. The van der Waals surface area contributed by atoms with Crippen LogP contribution in [0.4, 0.5) is 4.39 Å². The molecule has 1 aromatic heterocycles. The van der Waals surface area contributed by atoms with Gasteiger partial charge in [-0.2, -0.15) is 0 Å². The first-order valence-corrected chi connectivity index (χ1v) is 6.52. The first-order valence-electron chi connectivity index (χ1n) is 5.72. The number of hydrogen-bond donors (Lipinski definition) is 1. The quantitative estimate of drug-likeness (QED) is 0.938. The van der Waals surface area contributed by atoms with Crippen LogP contribution in [0.2, 0.25) is 0 Å². The highest BCUT2D eigenvalue weighted by molar-refractivity contribution is 9.10. The van der Waals surface area contributed by atoms with Crippen molar-refractivity contribution in [2.75, 3.05) is 7.11 Å². The van der Waals surface area contributed by atoms with Crippen molar-refractivity contribution in [1.82, 2.24) is 4.98 Å². The summed E-state index contributed by atoms with van der Waals surface area (Å²) in [6.45, 7) is 0. The smallest absolute Gasteiger partial charge is 0.165 e. The number of aliphatic hydroxyl groups excluding tert-OH is 1. The van der Waals surface area contributed by atoms with Crippen LogP contribution in [0.15, 0.2) is 41.0 Å². The van der Waals surface area contributed by atoms with Gasteiger partial charge in [-0.05, 0) is 45.8 Å². The van der Waals surface area contributed by atoms with Gasteiger partial charge in [0.15, 0.2) is 11.6 Å². The van der Waals surface area contributed by atoms with Crippen LogP contribution >= 0.6 is 15.9 Å². The van der Waals surface area contributed by atoms with E-state index in [2.05, 4.69) is 20.9 Å². The van der Waals surface area contributed by atoms with Crippen molar-refractivity contribution in [1.29, 1.82) is 0 Å². The number of aromatic nitrogens is 1. The summed E-state index contributed by atoms with van der Waals surface area (Å²) in [7, 11) is 1.41. The average molecular weight is 326 g/mol. The van der Waals surface area contributed by atoms with Gasteiger partial charge in [0.05, 0.1) is 12.8 Å². The van der Waals surface area contributed by atoms with Gasteiger partial charge in [0.1, 0.15) is 6.10 Å². The van der Waals surface area contributed by atoms with E-state index in [1.807, 2.05) is 0 Å². The van der Waals surface area contributed by atoms with Gasteiger partial charge in [-0.15, -0.1) is 0 Å². The summed E-state index contributed by atoms with van der Waals surface area (Å²) in [5, 5.41) is 10.1. The molecule has 0 radical (unpaired) electrons. The zero-order valence-corrected chi connectivity index (χ0v) is 11.9. The molecular weight excluding hydrogens is 313 g/mol. The molecule has 0 amide bonds. The fourth-order valence-corrected chi connectivity index (χ4v) is 2.32. The molecule has 0 aliphatic heterocycles. The Morgan fingerprint density at radius 2 is 2.21 bits per heavy atom. The Morgan fingerprint density at radius 3 is 2.84 bits per heavy atom. The first kappa shape index (κ1) is 14.0. The molecule has 0 aliphatic carbocycles. The monoisotopic (exact) mass is 325 g/mol. The second-order valence-electron chi connectivity index (χ2n) is 4.06. The van der Waals surface area contributed by atoms with Crippen molar-refractivity contribution in [3.8, 4) is 5.75 Å². The molecule has 5 heteroatoms. The van der Waals surface area contributed by atoms with E-state index in [0.717, 1.165) is 4.47 Å². The highest BCUT2D eigenvalue weighted by Gasteiger charge is 2.14. The molecule has 3 nitrogen and oxygen atoms in total. The Hall–Kier alpha value is -1.46. The maximum atomic E-state index is 13.6. The van der Waals surface area contributed by atoms with Crippen molar-refractivity contribution in [2.45, 2.75) is 12.5 Å². The van der Waals surface area contributed by atoms with Crippen molar-refractivity contribution in [2.24, 2.45) is 0 Å². The molecule has 19 heavy (non-hydrogen) atoms. The summed E-state index contributed by atoms with van der Waals surface area (Å²) in [6, 6.07) is 8.21. The standard InChI is InChI=1S/C14H13BrFNO2/c1-19-13-5-4-9(7-11(13)16)8-12(18)14-10(15)3-2-6-17-14/h2-7,12,18H,8H2,1H3. The largest absolute Gasteiger partial charge is 0.494 e. The van der Waals surface area contributed by atoms with Gasteiger partial charge in [-0.1, -0.05) is 6.07 Å². The molecule has 100 valence electrons. The van der Waals surface area contributed by atoms with Crippen molar-refractivity contribution >= 4 is 15.9 Å². The van der Waals surface area contributed by atoms with Gasteiger partial charge in [-0.3, -0.25) is 4.98 Å². The summed E-state index contributed by atoms with van der Waals surface area (Å²) in [6.07, 6.45) is 1.11. The molecule has 1 aromatic carbocycles. The van der Waals surface area contributed by atoms with Crippen LogP contribution in [-0.4, -0.2) is 17.2 Å². The summed E-state index contributed by atoms with van der Waals surface area (Å²) >= 11 is 3.33. The SMILES string of the molecule is COc1ccc(CC(O)c2ncccc2Br)cc1F. The number of benzene rings is 1. The maximum Gasteiger partial charge on any atom is 0.165 e. The Bertz CT molecular complexity index is 577. The Morgan fingerprint density at radius 1 is 1.42 bits per heavy atom. The number of hydrogen-bond acceptors (Lipinski definition) is 3. The lowest BCUT2D eigenvalue weighted by molar-refractivity contribution is 0.172. The predicted octanol–water partition coefficient (Wildman–Crippen LogP) is 3.27. The zero-order chi connectivity index (χ0) is 13.8. The number of methoxy groups -OCH3 is 1. The summed E-state index contributed by atoms with van der Waals surface area (Å²) in [4.78, 5) is 4.12. The molecule has 0 fully saturated rings. The first-order chi connectivity index (χ1) is 9.11. The summed E-state index contributed by atoms with van der Waals surface area (Å²) in [5.74, 6) is -0.246. The molecule has 0 aliphatic rings. The molecular formula is C14H13BrFNO2. The number of pyridine rings is 1. The van der Waals surface area contributed by atoms with E-state index in [-0.39, 0.29) is 12.2 Å². The van der Waals surface area contributed by atoms with E-state index in [1.165, 1.54) is 13.2 Å². The van der Waals surface area contributed by atoms with Crippen LogP contribution in [0.5, 0.6) is 5.75 Å². The minimum absolute atomic E-state index is 0.192. The van der Waals surface area contributed by atoms with E-state index in [4.69, 9.17) is 4.74 Å². The molecule has 0 bridgehead atoms. The van der Waals surface area contributed by atoms with Gasteiger partial charge in [0.25, 0.3) is 0 Å². The number of aliphatic hydroxyl groups is 1. The minimum atomic E-state index is -0.789. The number of nitrogens with zero attached hydrogens (tertiary/aromatic N) is 1. The second-order valence-corrected chi connectivity index (χ2v) is 4.91. The van der Waals surface area contributed by atoms with Crippen LogP contribution in [0.25, 0.3) is 0 Å². The van der Waals surface area contributed by atoms with Crippen LogP contribution < -0.4 is 4.74 Å². The van der Waals surface area contributed by atoms with Gasteiger partial charge in [-0.25, -0.2) is 4.39 Å². The summed E-state index contributed by atoms with van der Waals surface area (Å²) in [5.41, 5.74) is 1.22. The lowest BCUT2D eigenvalue weighted by Crippen LogP contribution is -2.05. The molecule has 1 N–H and O–H groups in total. The van der Waals surface area contributed by atoms with E-state index < -0.39 is 11.9 Å². The molecule has 0 saturated carbocycles. The molecule has 2 rings (SSSR count). The number of halogens is 2. The topological polar surface area (TPSA) is 42.4 Å². The Balaban J connectivity index is 2.17. The molecule has 2 aromatic rings. The molecule has 0 spiro atoms. The highest BCUT2D eigenvalue weighted by atomic mass is 79.9. The van der Waals surface area contributed by atoms with Gasteiger partial charge in [0.2, 0.25) is 0 Å². The van der Waals surface area contributed by atoms with Crippen molar-refractivity contribution < 1.29 is 14.2 Å². The van der Waals surface area contributed by atoms with Crippen LogP contribution in [0, 0.1) is 5.82 Å². The average Bonchev–Trinajstić information content (AvgIpc) is 2.39. The number of rotatable bonds is 4. The molecule has 1 unspecified atom stereocenters. The molecule has 1 heterocycles.